The first-order valence-electron chi connectivity index (χ1n) is 6.90. The summed E-state index contributed by atoms with van der Waals surface area (Å²) in [6, 6.07) is 0. The highest BCUT2D eigenvalue weighted by molar-refractivity contribution is 5.78. The normalized spacial score (nSPS) is 25.7. The Bertz CT molecular complexity index is 297. The molecule has 1 aliphatic rings. The van der Waals surface area contributed by atoms with E-state index in [-0.39, 0.29) is 16.9 Å². The molecule has 0 radical (unpaired) electrons. The van der Waals surface area contributed by atoms with Crippen LogP contribution in [0.4, 0.5) is 0 Å². The van der Waals surface area contributed by atoms with Gasteiger partial charge in [0.1, 0.15) is 0 Å². The summed E-state index contributed by atoms with van der Waals surface area (Å²) < 4.78 is 5.27. The van der Waals surface area contributed by atoms with Gasteiger partial charge in [-0.25, -0.2) is 0 Å². The predicted octanol–water partition coefficient (Wildman–Crippen LogP) is 1.63. The van der Waals surface area contributed by atoms with E-state index >= 15 is 0 Å². The number of hydrogen-bond acceptors (Lipinski definition) is 4. The van der Waals surface area contributed by atoms with Gasteiger partial charge in [0.2, 0.25) is 0 Å². The highest BCUT2D eigenvalue weighted by Crippen LogP contribution is 2.39. The van der Waals surface area contributed by atoms with Gasteiger partial charge < -0.3 is 15.4 Å². The zero-order valence-corrected chi connectivity index (χ0v) is 12.5. The third kappa shape index (κ3) is 3.45. The molecule has 0 aromatic heterocycles. The number of rotatable bonds is 5. The highest BCUT2D eigenvalue weighted by atomic mass is 16.5. The van der Waals surface area contributed by atoms with Gasteiger partial charge in [-0.1, -0.05) is 13.8 Å². The maximum Gasteiger partial charge on any atom is 0.313 e. The maximum atomic E-state index is 12.2. The Morgan fingerprint density at radius 2 is 2.11 bits per heavy atom. The summed E-state index contributed by atoms with van der Waals surface area (Å²) in [7, 11) is 0. The fourth-order valence-corrected chi connectivity index (χ4v) is 2.77. The number of esters is 1. The zero-order chi connectivity index (χ0) is 14.0. The monoisotopic (exact) mass is 256 g/mol. The average molecular weight is 256 g/mol. The summed E-state index contributed by atoms with van der Waals surface area (Å²) >= 11 is 0. The second-order valence-electron chi connectivity index (χ2n) is 6.48. The molecule has 4 heteroatoms. The lowest BCUT2D eigenvalue weighted by Gasteiger charge is -2.32. The first-order valence-corrected chi connectivity index (χ1v) is 6.90. The van der Waals surface area contributed by atoms with Crippen LogP contribution in [0.15, 0.2) is 0 Å². The minimum absolute atomic E-state index is 0.0441. The van der Waals surface area contributed by atoms with E-state index in [2.05, 4.69) is 18.7 Å². The molecule has 1 rings (SSSR count). The average Bonchev–Trinajstić information content (AvgIpc) is 2.60. The lowest BCUT2D eigenvalue weighted by Crippen LogP contribution is -2.47. The smallest absolute Gasteiger partial charge is 0.313 e. The van der Waals surface area contributed by atoms with Crippen LogP contribution in [0.2, 0.25) is 0 Å². The van der Waals surface area contributed by atoms with Crippen molar-refractivity contribution >= 4 is 5.97 Å². The Hall–Kier alpha value is -0.610. The van der Waals surface area contributed by atoms with Gasteiger partial charge in [0.05, 0.1) is 12.0 Å². The van der Waals surface area contributed by atoms with Gasteiger partial charge in [-0.05, 0) is 39.7 Å². The maximum absolute atomic E-state index is 12.2. The standard InChI is InChI=1S/C14H28N2O2/c1-6-18-12(17)14(11(2)3)7-8-16(10-14)9-13(4,5)15/h11H,6-10,15H2,1-5H3. The van der Waals surface area contributed by atoms with Crippen molar-refractivity contribution in [2.24, 2.45) is 17.1 Å². The molecule has 1 atom stereocenters. The van der Waals surface area contributed by atoms with Crippen LogP contribution >= 0.6 is 0 Å². The van der Waals surface area contributed by atoms with Crippen molar-refractivity contribution in [1.82, 2.24) is 4.90 Å². The Morgan fingerprint density at radius 1 is 1.50 bits per heavy atom. The molecule has 0 aromatic carbocycles. The van der Waals surface area contributed by atoms with Gasteiger partial charge in [0, 0.05) is 18.6 Å². The van der Waals surface area contributed by atoms with E-state index in [1.165, 1.54) is 0 Å². The molecule has 0 saturated carbocycles. The number of ether oxygens (including phenoxy) is 1. The fourth-order valence-electron chi connectivity index (χ4n) is 2.77. The molecule has 2 N–H and O–H groups in total. The molecule has 1 aliphatic heterocycles. The Kier molecular flexibility index (Phi) is 4.78. The first-order chi connectivity index (χ1) is 8.21. The topological polar surface area (TPSA) is 55.6 Å². The number of carbonyl (C=O) groups excluding carboxylic acids is 1. The van der Waals surface area contributed by atoms with Gasteiger partial charge in [0.15, 0.2) is 0 Å². The Morgan fingerprint density at radius 3 is 2.56 bits per heavy atom. The molecule has 0 amide bonds. The fraction of sp³-hybridized carbons (Fsp3) is 0.929. The SMILES string of the molecule is CCOC(=O)C1(C(C)C)CCN(CC(C)(C)N)C1. The molecule has 0 aromatic rings. The quantitative estimate of drug-likeness (QED) is 0.760. The summed E-state index contributed by atoms with van der Waals surface area (Å²) in [6.07, 6.45) is 0.875. The highest BCUT2D eigenvalue weighted by Gasteiger charge is 2.48. The van der Waals surface area contributed by atoms with Crippen molar-refractivity contribution in [3.63, 3.8) is 0 Å². The molecule has 18 heavy (non-hydrogen) atoms. The van der Waals surface area contributed by atoms with Crippen molar-refractivity contribution < 1.29 is 9.53 Å². The van der Waals surface area contributed by atoms with E-state index in [0.717, 1.165) is 26.1 Å². The molecule has 1 fully saturated rings. The molecule has 4 nitrogen and oxygen atoms in total. The van der Waals surface area contributed by atoms with Crippen LogP contribution in [0.5, 0.6) is 0 Å². The number of nitrogens with two attached hydrogens (primary N) is 1. The molecule has 0 spiro atoms. The molecule has 1 unspecified atom stereocenters. The second-order valence-corrected chi connectivity index (χ2v) is 6.48. The lowest BCUT2D eigenvalue weighted by molar-refractivity contribution is -0.157. The third-order valence-electron chi connectivity index (χ3n) is 3.80. The van der Waals surface area contributed by atoms with E-state index < -0.39 is 0 Å². The van der Waals surface area contributed by atoms with Crippen molar-refractivity contribution in [3.05, 3.63) is 0 Å². The van der Waals surface area contributed by atoms with Crippen LogP contribution in [-0.2, 0) is 9.53 Å². The van der Waals surface area contributed by atoms with Gasteiger partial charge >= 0.3 is 5.97 Å². The van der Waals surface area contributed by atoms with E-state index in [0.29, 0.717) is 12.5 Å². The Labute approximate surface area is 111 Å². The summed E-state index contributed by atoms with van der Waals surface area (Å²) in [5, 5.41) is 0. The molecule has 1 heterocycles. The Balaban J connectivity index is 2.76. The zero-order valence-electron chi connectivity index (χ0n) is 12.5. The second kappa shape index (κ2) is 5.57. The summed E-state index contributed by atoms with van der Waals surface area (Å²) in [5.74, 6) is 0.250. The molecular formula is C14H28N2O2. The van der Waals surface area contributed by atoms with E-state index in [4.69, 9.17) is 10.5 Å². The van der Waals surface area contributed by atoms with Crippen molar-refractivity contribution in [3.8, 4) is 0 Å². The van der Waals surface area contributed by atoms with Crippen LogP contribution < -0.4 is 5.73 Å². The summed E-state index contributed by atoms with van der Waals surface area (Å²) in [6.45, 7) is 13.1. The molecule has 0 aliphatic carbocycles. The number of nitrogens with zero attached hydrogens (tertiary/aromatic N) is 1. The van der Waals surface area contributed by atoms with Gasteiger partial charge in [-0.15, -0.1) is 0 Å². The third-order valence-corrected chi connectivity index (χ3v) is 3.80. The van der Waals surface area contributed by atoms with Crippen LogP contribution in [0.3, 0.4) is 0 Å². The molecule has 0 bridgehead atoms. The number of likely N-dealkylation sites (tertiary alicyclic amines) is 1. The minimum atomic E-state index is -0.346. The van der Waals surface area contributed by atoms with E-state index in [1.807, 2.05) is 20.8 Å². The van der Waals surface area contributed by atoms with Crippen LogP contribution in [0.1, 0.15) is 41.0 Å². The van der Waals surface area contributed by atoms with Gasteiger partial charge in [0.25, 0.3) is 0 Å². The van der Waals surface area contributed by atoms with Crippen molar-refractivity contribution in [1.29, 1.82) is 0 Å². The molecular weight excluding hydrogens is 228 g/mol. The van der Waals surface area contributed by atoms with Crippen molar-refractivity contribution in [2.45, 2.75) is 46.6 Å². The predicted molar refractivity (Wildman–Crippen MR) is 73.2 cm³/mol. The van der Waals surface area contributed by atoms with Crippen LogP contribution in [-0.4, -0.2) is 42.6 Å². The largest absolute Gasteiger partial charge is 0.466 e. The van der Waals surface area contributed by atoms with Crippen LogP contribution in [0.25, 0.3) is 0 Å². The van der Waals surface area contributed by atoms with Crippen molar-refractivity contribution in [2.75, 3.05) is 26.2 Å². The summed E-state index contributed by atoms with van der Waals surface area (Å²) in [4.78, 5) is 14.5. The molecule has 106 valence electrons. The number of hydrogen-bond donors (Lipinski definition) is 1. The number of carbonyl (C=O) groups is 1. The summed E-state index contributed by atoms with van der Waals surface area (Å²) in [5.41, 5.74) is 5.49. The lowest BCUT2D eigenvalue weighted by atomic mass is 9.76. The first kappa shape index (κ1) is 15.4. The van der Waals surface area contributed by atoms with E-state index in [9.17, 15) is 4.79 Å². The minimum Gasteiger partial charge on any atom is -0.466 e. The van der Waals surface area contributed by atoms with E-state index in [1.54, 1.807) is 0 Å². The van der Waals surface area contributed by atoms with Crippen LogP contribution in [0, 0.1) is 11.3 Å². The molecule has 1 saturated heterocycles. The van der Waals surface area contributed by atoms with Gasteiger partial charge in [-0.2, -0.15) is 0 Å². The van der Waals surface area contributed by atoms with Gasteiger partial charge in [-0.3, -0.25) is 4.79 Å².